The second-order valence-electron chi connectivity index (χ2n) is 11.9. The van der Waals surface area contributed by atoms with E-state index in [4.69, 9.17) is 14.2 Å². The van der Waals surface area contributed by atoms with E-state index >= 15 is 0 Å². The molecule has 186 valence electrons. The molecule has 2 aliphatic heterocycles. The van der Waals surface area contributed by atoms with Crippen LogP contribution in [0.2, 0.25) is 0 Å². The van der Waals surface area contributed by atoms with Gasteiger partial charge in [-0.1, -0.05) is 20.3 Å². The molecule has 2 saturated heterocycles. The number of carbonyl (C=O) groups excluding carboxylic acids is 2. The highest BCUT2D eigenvalue weighted by Crippen LogP contribution is 2.78. The number of rotatable bonds is 3. The molecule has 4 aliphatic carbocycles. The average Bonchev–Trinajstić information content (AvgIpc) is 2.80. The first-order valence-electron chi connectivity index (χ1n) is 12.0. The fraction of sp³-hybridized carbons (Fsp3) is 0.917. The first-order chi connectivity index (χ1) is 15.3. The Morgan fingerprint density at radius 1 is 1.06 bits per heavy atom. The Kier molecular flexibility index (Phi) is 4.91. The van der Waals surface area contributed by atoms with Gasteiger partial charge in [-0.05, 0) is 37.0 Å². The molecule has 0 amide bonds. The van der Waals surface area contributed by atoms with Crippen molar-refractivity contribution >= 4 is 11.9 Å². The lowest BCUT2D eigenvalue weighted by molar-refractivity contribution is -0.469. The van der Waals surface area contributed by atoms with Gasteiger partial charge < -0.3 is 34.6 Å². The Bertz CT molecular complexity index is 874. The van der Waals surface area contributed by atoms with Crippen molar-refractivity contribution in [2.24, 2.45) is 34.0 Å². The predicted octanol–water partition coefficient (Wildman–Crippen LogP) is 0.505. The number of esters is 2. The summed E-state index contributed by atoms with van der Waals surface area (Å²) in [6.45, 7) is 6.42. The maximum absolute atomic E-state index is 12.3. The Balaban J connectivity index is 1.72. The van der Waals surface area contributed by atoms with Gasteiger partial charge in [-0.2, -0.15) is 0 Å². The van der Waals surface area contributed by atoms with E-state index in [0.717, 1.165) is 19.3 Å². The normalized spacial score (nSPS) is 53.7. The molecule has 2 spiro atoms. The summed E-state index contributed by atoms with van der Waals surface area (Å²) in [5.74, 6) is -4.85. The predicted molar refractivity (Wildman–Crippen MR) is 112 cm³/mol. The zero-order chi connectivity index (χ0) is 24.2. The minimum atomic E-state index is -2.21. The highest BCUT2D eigenvalue weighted by atomic mass is 16.7. The molecule has 6 fully saturated rings. The van der Waals surface area contributed by atoms with Crippen molar-refractivity contribution in [3.8, 4) is 0 Å². The molecule has 0 aromatic rings. The average molecular weight is 469 g/mol. The van der Waals surface area contributed by atoms with Crippen LogP contribution in [0.5, 0.6) is 0 Å². The van der Waals surface area contributed by atoms with Gasteiger partial charge >= 0.3 is 11.9 Å². The number of aliphatic hydroxyl groups is 4. The van der Waals surface area contributed by atoms with Crippen molar-refractivity contribution in [1.82, 2.24) is 0 Å². The van der Waals surface area contributed by atoms with Gasteiger partial charge in [0, 0.05) is 31.1 Å². The SMILES string of the molecule is CC(=O)OC[C@]1(O)[C@@H]2CC[C@H]3[C@]45CCCC(C)(C)[C@H]4[C@H](OC(C)=O)[C@@](O)(OC5)[C@]3([C@@H]2O)[C@@H]1O. The standard InChI is InChI=1S/C24H36O9/c1-12(25)31-11-22(29)14-6-7-15-21-9-5-8-20(3,4)16(21)18(33-13(2)26)24(30,32-10-21)23(15,17(14)27)19(22)28/h14-19,27-30H,5-11H2,1-4H3/t14-,15+,16-,17-,18+,19-,21-,22+,23-,24-/m1/s1. The zero-order valence-corrected chi connectivity index (χ0v) is 19.7. The summed E-state index contributed by atoms with van der Waals surface area (Å²) in [5, 5.41) is 47.4. The Hall–Kier alpha value is -1.26. The third-order valence-corrected chi connectivity index (χ3v) is 10.1. The van der Waals surface area contributed by atoms with Crippen LogP contribution in [0.4, 0.5) is 0 Å². The molecule has 0 aromatic carbocycles. The van der Waals surface area contributed by atoms with E-state index in [0.29, 0.717) is 12.8 Å². The monoisotopic (exact) mass is 468 g/mol. The maximum Gasteiger partial charge on any atom is 0.303 e. The summed E-state index contributed by atoms with van der Waals surface area (Å²) in [7, 11) is 0. The molecule has 9 nitrogen and oxygen atoms in total. The third kappa shape index (κ3) is 2.55. The molecule has 0 radical (unpaired) electrons. The van der Waals surface area contributed by atoms with Crippen LogP contribution in [-0.4, -0.2) is 75.3 Å². The molecule has 10 atom stereocenters. The maximum atomic E-state index is 12.3. The largest absolute Gasteiger partial charge is 0.463 e. The molecule has 4 N–H and O–H groups in total. The highest BCUT2D eigenvalue weighted by Gasteiger charge is 2.89. The number of carbonyl (C=O) groups is 2. The highest BCUT2D eigenvalue weighted by molar-refractivity contribution is 5.66. The molecular weight excluding hydrogens is 432 g/mol. The van der Waals surface area contributed by atoms with Crippen LogP contribution in [0.25, 0.3) is 0 Å². The Morgan fingerprint density at radius 3 is 2.39 bits per heavy atom. The summed E-state index contributed by atoms with van der Waals surface area (Å²) in [6, 6.07) is 0. The lowest BCUT2D eigenvalue weighted by Crippen LogP contribution is -2.84. The van der Waals surface area contributed by atoms with Gasteiger partial charge in [0.15, 0.2) is 6.10 Å². The summed E-state index contributed by atoms with van der Waals surface area (Å²) in [6.07, 6.45) is -0.601. The molecule has 6 aliphatic rings. The second-order valence-corrected chi connectivity index (χ2v) is 11.9. The van der Waals surface area contributed by atoms with Crippen molar-refractivity contribution in [2.75, 3.05) is 13.2 Å². The van der Waals surface area contributed by atoms with E-state index in [1.165, 1.54) is 13.8 Å². The minimum absolute atomic E-state index is 0.230. The molecule has 6 rings (SSSR count). The molecule has 4 bridgehead atoms. The second kappa shape index (κ2) is 6.91. The zero-order valence-electron chi connectivity index (χ0n) is 19.7. The van der Waals surface area contributed by atoms with Gasteiger partial charge in [-0.3, -0.25) is 9.59 Å². The van der Waals surface area contributed by atoms with E-state index in [-0.39, 0.29) is 23.9 Å². The fourth-order valence-electron chi connectivity index (χ4n) is 9.18. The van der Waals surface area contributed by atoms with Gasteiger partial charge in [-0.25, -0.2) is 0 Å². The van der Waals surface area contributed by atoms with E-state index in [1.54, 1.807) is 0 Å². The van der Waals surface area contributed by atoms with Crippen LogP contribution in [0.3, 0.4) is 0 Å². The minimum Gasteiger partial charge on any atom is -0.463 e. The Morgan fingerprint density at radius 2 is 1.76 bits per heavy atom. The van der Waals surface area contributed by atoms with E-state index < -0.39 is 65.0 Å². The number of hydrogen-bond donors (Lipinski definition) is 4. The van der Waals surface area contributed by atoms with Crippen molar-refractivity contribution in [1.29, 1.82) is 0 Å². The van der Waals surface area contributed by atoms with Crippen molar-refractivity contribution in [3.63, 3.8) is 0 Å². The quantitative estimate of drug-likeness (QED) is 0.436. The summed E-state index contributed by atoms with van der Waals surface area (Å²) in [4.78, 5) is 23.7. The van der Waals surface area contributed by atoms with Crippen LogP contribution in [-0.2, 0) is 23.8 Å². The van der Waals surface area contributed by atoms with Gasteiger partial charge in [0.2, 0.25) is 5.79 Å². The summed E-state index contributed by atoms with van der Waals surface area (Å²) < 4.78 is 17.0. The summed E-state index contributed by atoms with van der Waals surface area (Å²) in [5.41, 5.74) is -4.48. The van der Waals surface area contributed by atoms with Gasteiger partial charge in [0.05, 0.1) is 18.1 Å². The van der Waals surface area contributed by atoms with Crippen molar-refractivity contribution < 1.29 is 44.2 Å². The number of hydrogen-bond acceptors (Lipinski definition) is 9. The van der Waals surface area contributed by atoms with Gasteiger partial charge in [0.1, 0.15) is 18.3 Å². The molecular formula is C24H36O9. The number of fused-ring (bicyclic) bond motifs is 2. The molecule has 0 unspecified atom stereocenters. The first-order valence-corrected chi connectivity index (χ1v) is 12.0. The molecule has 4 saturated carbocycles. The molecule has 9 heteroatoms. The van der Waals surface area contributed by atoms with Crippen LogP contribution in [0, 0.1) is 34.0 Å². The van der Waals surface area contributed by atoms with Crippen LogP contribution in [0.15, 0.2) is 0 Å². The van der Waals surface area contributed by atoms with Crippen LogP contribution < -0.4 is 0 Å². The van der Waals surface area contributed by atoms with Crippen molar-refractivity contribution in [3.05, 3.63) is 0 Å². The molecule has 0 aromatic heterocycles. The van der Waals surface area contributed by atoms with E-state index in [1.807, 2.05) is 0 Å². The lowest BCUT2D eigenvalue weighted by Gasteiger charge is -2.75. The number of ether oxygens (including phenoxy) is 3. The van der Waals surface area contributed by atoms with E-state index in [9.17, 15) is 30.0 Å². The molecule has 33 heavy (non-hydrogen) atoms. The number of aliphatic hydroxyl groups excluding tert-OH is 2. The topological polar surface area (TPSA) is 143 Å². The molecule has 2 heterocycles. The van der Waals surface area contributed by atoms with Gasteiger partial charge in [-0.15, -0.1) is 0 Å². The van der Waals surface area contributed by atoms with Crippen LogP contribution in [0.1, 0.15) is 59.8 Å². The van der Waals surface area contributed by atoms with Crippen LogP contribution >= 0.6 is 0 Å². The van der Waals surface area contributed by atoms with Gasteiger partial charge in [0.25, 0.3) is 0 Å². The van der Waals surface area contributed by atoms with Crippen molar-refractivity contribution in [2.45, 2.75) is 89.5 Å². The summed E-state index contributed by atoms with van der Waals surface area (Å²) >= 11 is 0. The lowest BCUT2D eigenvalue weighted by atomic mass is 9.36. The van der Waals surface area contributed by atoms with E-state index in [2.05, 4.69) is 13.8 Å². The third-order valence-electron chi connectivity index (χ3n) is 10.1. The Labute approximate surface area is 193 Å². The first kappa shape index (κ1) is 23.5. The fourth-order valence-corrected chi connectivity index (χ4v) is 9.18. The smallest absolute Gasteiger partial charge is 0.303 e.